The van der Waals surface area contributed by atoms with E-state index in [0.717, 1.165) is 42.0 Å². The Labute approximate surface area is 172 Å². The van der Waals surface area contributed by atoms with Gasteiger partial charge < -0.3 is 19.3 Å². The smallest absolute Gasteiger partial charge is 0.225 e. The summed E-state index contributed by atoms with van der Waals surface area (Å²) < 4.78 is 10.5. The number of methoxy groups -OCH3 is 2. The molecule has 7 nitrogen and oxygen atoms in total. The molecule has 0 aliphatic carbocycles. The maximum atomic E-state index is 12.5. The molecule has 156 valence electrons. The number of amides is 1. The van der Waals surface area contributed by atoms with Crippen molar-refractivity contribution in [2.75, 3.05) is 52.9 Å². The lowest BCUT2D eigenvalue weighted by Crippen LogP contribution is -2.39. The third kappa shape index (κ3) is 5.03. The molecule has 1 aliphatic rings. The van der Waals surface area contributed by atoms with Crippen LogP contribution in [0.25, 0.3) is 11.1 Å². The van der Waals surface area contributed by atoms with Gasteiger partial charge in [0.15, 0.2) is 0 Å². The third-order valence-corrected chi connectivity index (χ3v) is 5.27. The standard InChI is InChI=1S/C22H30N4O3/c1-25(2)22-23-14-19(16-7-5-9-18(13-16)29-4)21(24-22)17-8-6-11-26(15-17)20(27)10-12-28-3/h5,7,9,13-14,17H,6,8,10-12,15H2,1-4H3/t17-/m0/s1. The van der Waals surface area contributed by atoms with Crippen LogP contribution in [0.2, 0.25) is 0 Å². The summed E-state index contributed by atoms with van der Waals surface area (Å²) in [5, 5.41) is 0. The van der Waals surface area contributed by atoms with Gasteiger partial charge in [-0.05, 0) is 30.5 Å². The number of likely N-dealkylation sites (tertiary alicyclic amines) is 1. The van der Waals surface area contributed by atoms with E-state index in [-0.39, 0.29) is 11.8 Å². The lowest BCUT2D eigenvalue weighted by atomic mass is 9.89. The number of piperidine rings is 1. The zero-order valence-corrected chi connectivity index (χ0v) is 17.7. The Bertz CT molecular complexity index is 841. The maximum Gasteiger partial charge on any atom is 0.225 e. The molecular formula is C22H30N4O3. The highest BCUT2D eigenvalue weighted by Gasteiger charge is 2.28. The van der Waals surface area contributed by atoms with Crippen molar-refractivity contribution < 1.29 is 14.3 Å². The van der Waals surface area contributed by atoms with Gasteiger partial charge in [0, 0.05) is 52.0 Å². The molecule has 0 spiro atoms. The molecule has 29 heavy (non-hydrogen) atoms. The van der Waals surface area contributed by atoms with Gasteiger partial charge in [0.2, 0.25) is 11.9 Å². The first-order valence-corrected chi connectivity index (χ1v) is 9.99. The summed E-state index contributed by atoms with van der Waals surface area (Å²) in [7, 11) is 7.16. The molecule has 1 aromatic heterocycles. The Kier molecular flexibility index (Phi) is 7.04. The quantitative estimate of drug-likeness (QED) is 0.714. The van der Waals surface area contributed by atoms with Gasteiger partial charge in [0.25, 0.3) is 0 Å². The number of nitrogens with zero attached hydrogens (tertiary/aromatic N) is 4. The van der Waals surface area contributed by atoms with E-state index in [9.17, 15) is 4.79 Å². The summed E-state index contributed by atoms with van der Waals surface area (Å²) in [5.74, 6) is 1.78. The predicted molar refractivity (Wildman–Crippen MR) is 113 cm³/mol. The van der Waals surface area contributed by atoms with E-state index < -0.39 is 0 Å². The zero-order chi connectivity index (χ0) is 20.8. The van der Waals surface area contributed by atoms with Crippen molar-refractivity contribution in [3.63, 3.8) is 0 Å². The maximum absolute atomic E-state index is 12.5. The Morgan fingerprint density at radius 3 is 2.86 bits per heavy atom. The summed E-state index contributed by atoms with van der Waals surface area (Å²) in [5.41, 5.74) is 3.00. The number of carbonyl (C=O) groups excluding carboxylic acids is 1. The van der Waals surface area contributed by atoms with Crippen LogP contribution in [0.4, 0.5) is 5.95 Å². The second-order valence-electron chi connectivity index (χ2n) is 7.52. The average molecular weight is 399 g/mol. The number of anilines is 1. The fraction of sp³-hybridized carbons (Fsp3) is 0.500. The summed E-state index contributed by atoms with van der Waals surface area (Å²) >= 11 is 0. The van der Waals surface area contributed by atoms with Gasteiger partial charge in [-0.25, -0.2) is 9.97 Å². The highest BCUT2D eigenvalue weighted by Crippen LogP contribution is 2.35. The molecule has 0 bridgehead atoms. The minimum Gasteiger partial charge on any atom is -0.497 e. The summed E-state index contributed by atoms with van der Waals surface area (Å²) in [4.78, 5) is 25.8. The van der Waals surface area contributed by atoms with Crippen LogP contribution < -0.4 is 9.64 Å². The van der Waals surface area contributed by atoms with Crippen LogP contribution in [0.5, 0.6) is 5.75 Å². The van der Waals surface area contributed by atoms with Gasteiger partial charge in [-0.2, -0.15) is 0 Å². The van der Waals surface area contributed by atoms with Crippen LogP contribution in [0.15, 0.2) is 30.5 Å². The first kappa shape index (κ1) is 21.0. The SMILES string of the molecule is COCCC(=O)N1CCC[C@H](c2nc(N(C)C)ncc2-c2cccc(OC)c2)C1. The molecule has 0 N–H and O–H groups in total. The number of hydrogen-bond acceptors (Lipinski definition) is 6. The van der Waals surface area contributed by atoms with E-state index in [0.29, 0.717) is 25.5 Å². The van der Waals surface area contributed by atoms with E-state index in [2.05, 4.69) is 4.98 Å². The van der Waals surface area contributed by atoms with Gasteiger partial charge in [0.05, 0.1) is 25.8 Å². The molecule has 0 radical (unpaired) electrons. The number of rotatable bonds is 7. The van der Waals surface area contributed by atoms with Crippen molar-refractivity contribution in [3.05, 3.63) is 36.2 Å². The van der Waals surface area contributed by atoms with Crippen LogP contribution in [-0.2, 0) is 9.53 Å². The first-order chi connectivity index (χ1) is 14.0. The molecule has 1 amide bonds. The van der Waals surface area contributed by atoms with Gasteiger partial charge in [0.1, 0.15) is 5.75 Å². The van der Waals surface area contributed by atoms with Crippen molar-refractivity contribution in [1.82, 2.24) is 14.9 Å². The molecule has 1 fully saturated rings. The summed E-state index contributed by atoms with van der Waals surface area (Å²) in [6.45, 7) is 1.91. The summed E-state index contributed by atoms with van der Waals surface area (Å²) in [6, 6.07) is 7.94. The largest absolute Gasteiger partial charge is 0.497 e. The lowest BCUT2D eigenvalue weighted by Gasteiger charge is -2.33. The highest BCUT2D eigenvalue weighted by atomic mass is 16.5. The van der Waals surface area contributed by atoms with Gasteiger partial charge in [-0.3, -0.25) is 4.79 Å². The zero-order valence-electron chi connectivity index (χ0n) is 17.7. The van der Waals surface area contributed by atoms with Crippen LogP contribution >= 0.6 is 0 Å². The molecular weight excluding hydrogens is 368 g/mol. The highest BCUT2D eigenvalue weighted by molar-refractivity contribution is 5.76. The number of hydrogen-bond donors (Lipinski definition) is 0. The average Bonchev–Trinajstić information content (AvgIpc) is 2.77. The van der Waals surface area contributed by atoms with Crippen molar-refractivity contribution >= 4 is 11.9 Å². The topological polar surface area (TPSA) is 67.8 Å². The van der Waals surface area contributed by atoms with Gasteiger partial charge in [-0.1, -0.05) is 12.1 Å². The molecule has 0 unspecified atom stereocenters. The molecule has 1 aromatic carbocycles. The van der Waals surface area contributed by atoms with Gasteiger partial charge >= 0.3 is 0 Å². The Balaban J connectivity index is 1.95. The number of benzene rings is 1. The molecule has 2 heterocycles. The predicted octanol–water partition coefficient (Wildman–Crippen LogP) is 2.96. The molecule has 2 aromatic rings. The van der Waals surface area contributed by atoms with E-state index in [4.69, 9.17) is 14.5 Å². The van der Waals surface area contributed by atoms with Crippen LogP contribution in [-0.4, -0.2) is 68.8 Å². The number of aromatic nitrogens is 2. The van der Waals surface area contributed by atoms with Crippen LogP contribution in [0.1, 0.15) is 30.9 Å². The van der Waals surface area contributed by atoms with Crippen molar-refractivity contribution in [2.24, 2.45) is 0 Å². The van der Waals surface area contributed by atoms with Crippen molar-refractivity contribution in [3.8, 4) is 16.9 Å². The Morgan fingerprint density at radius 2 is 2.14 bits per heavy atom. The molecule has 0 saturated carbocycles. The lowest BCUT2D eigenvalue weighted by molar-refractivity contribution is -0.133. The minimum absolute atomic E-state index is 0.140. The van der Waals surface area contributed by atoms with Gasteiger partial charge in [-0.15, -0.1) is 0 Å². The molecule has 3 rings (SSSR count). The van der Waals surface area contributed by atoms with Crippen LogP contribution in [0, 0.1) is 0 Å². The van der Waals surface area contributed by atoms with Crippen molar-refractivity contribution in [2.45, 2.75) is 25.2 Å². The van der Waals surface area contributed by atoms with Crippen molar-refractivity contribution in [1.29, 1.82) is 0 Å². The molecule has 1 atom stereocenters. The second-order valence-corrected chi connectivity index (χ2v) is 7.52. The normalized spacial score (nSPS) is 16.6. The fourth-order valence-corrected chi connectivity index (χ4v) is 3.70. The van der Waals surface area contributed by atoms with E-state index in [1.807, 2.05) is 54.4 Å². The molecule has 1 aliphatic heterocycles. The number of carbonyl (C=O) groups is 1. The van der Waals surface area contributed by atoms with E-state index in [1.54, 1.807) is 14.2 Å². The summed E-state index contributed by atoms with van der Waals surface area (Å²) in [6.07, 6.45) is 4.26. The van der Waals surface area contributed by atoms with E-state index >= 15 is 0 Å². The Morgan fingerprint density at radius 1 is 1.31 bits per heavy atom. The van der Waals surface area contributed by atoms with E-state index in [1.165, 1.54) is 0 Å². The first-order valence-electron chi connectivity index (χ1n) is 9.99. The molecule has 7 heteroatoms. The van der Waals surface area contributed by atoms with Crippen LogP contribution in [0.3, 0.4) is 0 Å². The minimum atomic E-state index is 0.140. The monoisotopic (exact) mass is 398 g/mol. The third-order valence-electron chi connectivity index (χ3n) is 5.27. The number of ether oxygens (including phenoxy) is 2. The molecule has 1 saturated heterocycles. The fourth-order valence-electron chi connectivity index (χ4n) is 3.70. The second kappa shape index (κ2) is 9.69. The Hall–Kier alpha value is -2.67.